The van der Waals surface area contributed by atoms with Crippen LogP contribution in [0.25, 0.3) is 0 Å². The number of amides is 1. The van der Waals surface area contributed by atoms with Crippen molar-refractivity contribution in [3.8, 4) is 0 Å². The van der Waals surface area contributed by atoms with Crippen LogP contribution in [-0.4, -0.2) is 23.0 Å². The molecule has 2 rings (SSSR count). The smallest absolute Gasteiger partial charge is 0.305 e. The van der Waals surface area contributed by atoms with E-state index in [9.17, 15) is 9.59 Å². The van der Waals surface area contributed by atoms with E-state index in [1.807, 2.05) is 24.3 Å². The van der Waals surface area contributed by atoms with E-state index in [2.05, 4.69) is 21.2 Å². The monoisotopic (exact) mass is 325 g/mol. The first-order valence-corrected chi connectivity index (χ1v) is 7.02. The molecule has 1 fully saturated rings. The minimum absolute atomic E-state index is 0.0553. The number of aliphatic carboxylic acids is 1. The van der Waals surface area contributed by atoms with Gasteiger partial charge in [-0.25, -0.2) is 0 Å². The molecule has 0 aliphatic heterocycles. The lowest BCUT2D eigenvalue weighted by Gasteiger charge is -2.19. The number of hydrogen-bond acceptors (Lipinski definition) is 2. The third-order valence-corrected chi connectivity index (χ3v) is 3.91. The Bertz CT molecular complexity index is 511. The first-order valence-electron chi connectivity index (χ1n) is 6.23. The molecule has 1 unspecified atom stereocenters. The molecule has 0 heterocycles. The maximum atomic E-state index is 12.3. The molecule has 1 atom stereocenters. The highest BCUT2D eigenvalue weighted by Crippen LogP contribution is 2.48. The molecular formula is C14H16BrNO3. The van der Waals surface area contributed by atoms with Crippen LogP contribution in [0.1, 0.15) is 31.7 Å². The van der Waals surface area contributed by atoms with Crippen LogP contribution >= 0.6 is 15.9 Å². The molecule has 4 nitrogen and oxygen atoms in total. The van der Waals surface area contributed by atoms with E-state index in [0.717, 1.165) is 22.9 Å². The van der Waals surface area contributed by atoms with Gasteiger partial charge >= 0.3 is 5.97 Å². The van der Waals surface area contributed by atoms with Crippen LogP contribution in [0.2, 0.25) is 0 Å². The van der Waals surface area contributed by atoms with Gasteiger partial charge < -0.3 is 10.4 Å². The summed E-state index contributed by atoms with van der Waals surface area (Å²) in [6.45, 7) is 1.71. The van der Waals surface area contributed by atoms with E-state index < -0.39 is 11.4 Å². The highest BCUT2D eigenvalue weighted by molar-refractivity contribution is 9.10. The minimum Gasteiger partial charge on any atom is -0.481 e. The van der Waals surface area contributed by atoms with Gasteiger partial charge in [0.1, 0.15) is 0 Å². The Morgan fingerprint density at radius 1 is 1.47 bits per heavy atom. The van der Waals surface area contributed by atoms with Crippen molar-refractivity contribution in [3.05, 3.63) is 34.3 Å². The Hall–Kier alpha value is -1.36. The first kappa shape index (κ1) is 14.1. The summed E-state index contributed by atoms with van der Waals surface area (Å²) in [7, 11) is 0. The summed E-state index contributed by atoms with van der Waals surface area (Å²) in [5.74, 6) is -0.973. The molecule has 0 radical (unpaired) electrons. The fourth-order valence-corrected chi connectivity index (χ4v) is 2.63. The zero-order chi connectivity index (χ0) is 14.0. The number of carbonyl (C=O) groups is 2. The number of rotatable bonds is 5. The second-order valence-corrected chi connectivity index (χ2v) is 5.98. The van der Waals surface area contributed by atoms with Gasteiger partial charge in [-0.3, -0.25) is 9.59 Å². The molecule has 2 N–H and O–H groups in total. The molecule has 1 aromatic carbocycles. The van der Waals surface area contributed by atoms with Gasteiger partial charge in [0.2, 0.25) is 5.91 Å². The quantitative estimate of drug-likeness (QED) is 0.873. The van der Waals surface area contributed by atoms with Gasteiger partial charge in [-0.2, -0.15) is 0 Å². The number of benzene rings is 1. The summed E-state index contributed by atoms with van der Waals surface area (Å²) in [4.78, 5) is 22.9. The molecule has 5 heteroatoms. The van der Waals surface area contributed by atoms with E-state index >= 15 is 0 Å². The molecule has 0 aromatic heterocycles. The maximum absolute atomic E-state index is 12.3. The Balaban J connectivity index is 2.08. The Morgan fingerprint density at radius 3 is 2.68 bits per heavy atom. The fourth-order valence-electron chi connectivity index (χ4n) is 2.23. The van der Waals surface area contributed by atoms with Gasteiger partial charge in [0, 0.05) is 10.5 Å². The van der Waals surface area contributed by atoms with E-state index in [1.165, 1.54) is 0 Å². The number of nitrogens with one attached hydrogen (secondary N) is 1. The standard InChI is InChI=1S/C14H16BrNO3/c1-9(7-12(17)18)16-13(19)14(5-6-14)10-3-2-4-11(15)8-10/h2-4,8-9H,5-7H2,1H3,(H,16,19)(H,17,18). The highest BCUT2D eigenvalue weighted by atomic mass is 79.9. The van der Waals surface area contributed by atoms with Gasteiger partial charge in [-0.05, 0) is 37.5 Å². The van der Waals surface area contributed by atoms with E-state index in [0.29, 0.717) is 0 Å². The average Bonchev–Trinajstić information content (AvgIpc) is 3.08. The van der Waals surface area contributed by atoms with Crippen LogP contribution in [-0.2, 0) is 15.0 Å². The van der Waals surface area contributed by atoms with Gasteiger partial charge in [0.05, 0.1) is 11.8 Å². The third-order valence-electron chi connectivity index (χ3n) is 3.42. The Labute approximate surface area is 120 Å². The summed E-state index contributed by atoms with van der Waals surface area (Å²) in [5, 5.41) is 11.5. The third kappa shape index (κ3) is 3.15. The first-order chi connectivity index (χ1) is 8.94. The lowest BCUT2D eigenvalue weighted by Crippen LogP contribution is -2.41. The highest BCUT2D eigenvalue weighted by Gasteiger charge is 2.51. The molecular weight excluding hydrogens is 310 g/mol. The molecule has 0 saturated heterocycles. The number of hydrogen-bond donors (Lipinski definition) is 2. The maximum Gasteiger partial charge on any atom is 0.305 e. The Kier molecular flexibility index (Phi) is 3.94. The second kappa shape index (κ2) is 5.33. The van der Waals surface area contributed by atoms with E-state index in [4.69, 9.17) is 5.11 Å². The molecule has 1 aromatic rings. The summed E-state index contributed by atoms with van der Waals surface area (Å²) in [5.41, 5.74) is 0.526. The molecule has 1 aliphatic carbocycles. The Morgan fingerprint density at radius 2 is 2.16 bits per heavy atom. The van der Waals surface area contributed by atoms with Crippen LogP contribution in [0.15, 0.2) is 28.7 Å². The predicted octanol–water partition coefficient (Wildman–Crippen LogP) is 2.46. The average molecular weight is 326 g/mol. The topological polar surface area (TPSA) is 66.4 Å². The van der Waals surface area contributed by atoms with Gasteiger partial charge in [0.25, 0.3) is 0 Å². The molecule has 1 saturated carbocycles. The zero-order valence-electron chi connectivity index (χ0n) is 10.6. The van der Waals surface area contributed by atoms with Crippen molar-refractivity contribution in [2.24, 2.45) is 0 Å². The lowest BCUT2D eigenvalue weighted by atomic mass is 9.94. The summed E-state index contributed by atoms with van der Waals surface area (Å²) < 4.78 is 0.947. The van der Waals surface area contributed by atoms with Crippen molar-refractivity contribution in [1.82, 2.24) is 5.32 Å². The van der Waals surface area contributed by atoms with Crippen molar-refractivity contribution in [2.45, 2.75) is 37.6 Å². The normalized spacial score (nSPS) is 17.6. The van der Waals surface area contributed by atoms with Crippen LogP contribution < -0.4 is 5.32 Å². The van der Waals surface area contributed by atoms with Crippen LogP contribution in [0, 0.1) is 0 Å². The van der Waals surface area contributed by atoms with Crippen molar-refractivity contribution in [3.63, 3.8) is 0 Å². The largest absolute Gasteiger partial charge is 0.481 e. The molecule has 1 amide bonds. The van der Waals surface area contributed by atoms with Crippen molar-refractivity contribution >= 4 is 27.8 Å². The number of carboxylic acids is 1. The van der Waals surface area contributed by atoms with Crippen LogP contribution in [0.5, 0.6) is 0 Å². The molecule has 19 heavy (non-hydrogen) atoms. The molecule has 1 aliphatic rings. The molecule has 0 spiro atoms. The van der Waals surface area contributed by atoms with Crippen molar-refractivity contribution in [2.75, 3.05) is 0 Å². The van der Waals surface area contributed by atoms with Crippen molar-refractivity contribution < 1.29 is 14.7 Å². The van der Waals surface area contributed by atoms with Crippen LogP contribution in [0.3, 0.4) is 0 Å². The lowest BCUT2D eigenvalue weighted by molar-refractivity contribution is -0.137. The predicted molar refractivity (Wildman–Crippen MR) is 74.9 cm³/mol. The van der Waals surface area contributed by atoms with Crippen LogP contribution in [0.4, 0.5) is 0 Å². The van der Waals surface area contributed by atoms with Gasteiger partial charge in [-0.15, -0.1) is 0 Å². The molecule has 102 valence electrons. The zero-order valence-corrected chi connectivity index (χ0v) is 12.2. The minimum atomic E-state index is -0.903. The SMILES string of the molecule is CC(CC(=O)O)NC(=O)C1(c2cccc(Br)c2)CC1. The number of halogens is 1. The second-order valence-electron chi connectivity index (χ2n) is 5.06. The fraction of sp³-hybridized carbons (Fsp3) is 0.429. The van der Waals surface area contributed by atoms with Gasteiger partial charge in [0.15, 0.2) is 0 Å². The van der Waals surface area contributed by atoms with Gasteiger partial charge in [-0.1, -0.05) is 28.1 Å². The molecule has 0 bridgehead atoms. The summed E-state index contributed by atoms with van der Waals surface area (Å²) in [6, 6.07) is 7.38. The van der Waals surface area contributed by atoms with E-state index in [1.54, 1.807) is 6.92 Å². The van der Waals surface area contributed by atoms with E-state index in [-0.39, 0.29) is 18.4 Å². The van der Waals surface area contributed by atoms with Crippen molar-refractivity contribution in [1.29, 1.82) is 0 Å². The summed E-state index contributed by atoms with van der Waals surface area (Å²) in [6.07, 6.45) is 1.57. The summed E-state index contributed by atoms with van der Waals surface area (Å²) >= 11 is 3.41. The number of carbonyl (C=O) groups excluding carboxylic acids is 1. The number of carboxylic acid groups (broad SMARTS) is 1.